The summed E-state index contributed by atoms with van der Waals surface area (Å²) in [4.78, 5) is 4.69. The van der Waals surface area contributed by atoms with Gasteiger partial charge in [0.25, 0.3) is 0 Å². The summed E-state index contributed by atoms with van der Waals surface area (Å²) in [6, 6.07) is 12.6. The number of nitriles is 1. The Morgan fingerprint density at radius 2 is 2.05 bits per heavy atom. The van der Waals surface area contributed by atoms with Crippen molar-refractivity contribution in [1.82, 2.24) is 4.98 Å². The second kappa shape index (κ2) is 5.99. The highest BCUT2D eigenvalue weighted by Crippen LogP contribution is 2.29. The number of thioether (sulfide) groups is 1. The van der Waals surface area contributed by atoms with Crippen LogP contribution >= 0.6 is 27.7 Å². The Labute approximate surface area is 131 Å². The smallest absolute Gasteiger partial charge is 0.114 e. The lowest BCUT2D eigenvalue weighted by Crippen LogP contribution is -1.95. The van der Waals surface area contributed by atoms with Crippen LogP contribution in [0, 0.1) is 11.3 Å². The molecule has 0 spiro atoms. The number of nitrogens with zero attached hydrogens (tertiary/aromatic N) is 2. The molecule has 20 heavy (non-hydrogen) atoms. The van der Waals surface area contributed by atoms with Crippen LogP contribution in [0.5, 0.6) is 0 Å². The highest BCUT2D eigenvalue weighted by Gasteiger charge is 2.16. The second-order valence-electron chi connectivity index (χ2n) is 4.83. The van der Waals surface area contributed by atoms with Gasteiger partial charge in [-0.2, -0.15) is 5.26 Å². The van der Waals surface area contributed by atoms with Crippen LogP contribution in [-0.4, -0.2) is 4.98 Å². The van der Waals surface area contributed by atoms with Gasteiger partial charge in [-0.1, -0.05) is 28.1 Å². The molecule has 2 aromatic rings. The molecule has 1 aliphatic rings. The monoisotopic (exact) mass is 344 g/mol. The van der Waals surface area contributed by atoms with Crippen LogP contribution in [0.3, 0.4) is 0 Å². The summed E-state index contributed by atoms with van der Waals surface area (Å²) in [6.45, 7) is 0. The van der Waals surface area contributed by atoms with Crippen molar-refractivity contribution < 1.29 is 0 Å². The molecule has 1 aliphatic carbocycles. The molecule has 1 aromatic carbocycles. The summed E-state index contributed by atoms with van der Waals surface area (Å²) < 4.78 is 1.08. The predicted octanol–water partition coefficient (Wildman–Crippen LogP) is 4.50. The van der Waals surface area contributed by atoms with Gasteiger partial charge in [0.1, 0.15) is 11.1 Å². The summed E-state index contributed by atoms with van der Waals surface area (Å²) in [6.07, 6.45) is 3.27. The van der Waals surface area contributed by atoms with E-state index in [9.17, 15) is 5.26 Å². The number of rotatable bonds is 3. The number of aromatic nitrogens is 1. The minimum atomic E-state index is 0.716. The van der Waals surface area contributed by atoms with E-state index >= 15 is 0 Å². The van der Waals surface area contributed by atoms with E-state index in [1.807, 2.05) is 18.2 Å². The number of aryl methyl sites for hydroxylation is 2. The van der Waals surface area contributed by atoms with Crippen molar-refractivity contribution in [1.29, 1.82) is 5.26 Å². The molecule has 0 amide bonds. The third-order valence-electron chi connectivity index (χ3n) is 3.43. The number of hydrogen-bond acceptors (Lipinski definition) is 3. The average molecular weight is 345 g/mol. The number of fused-ring (bicyclic) bond motifs is 1. The molecule has 0 unspecified atom stereocenters. The maximum Gasteiger partial charge on any atom is 0.114 e. The molecule has 100 valence electrons. The van der Waals surface area contributed by atoms with Crippen LogP contribution in [0.25, 0.3) is 0 Å². The molecule has 0 atom stereocenters. The summed E-state index contributed by atoms with van der Waals surface area (Å²) in [5, 5.41) is 10.1. The zero-order valence-corrected chi connectivity index (χ0v) is 13.3. The Balaban J connectivity index is 1.80. The fourth-order valence-corrected chi connectivity index (χ4v) is 3.57. The lowest BCUT2D eigenvalue weighted by molar-refractivity contribution is 0.891. The van der Waals surface area contributed by atoms with Crippen LogP contribution in [0.15, 0.2) is 39.8 Å². The molecule has 0 saturated heterocycles. The molecule has 2 nitrogen and oxygen atoms in total. The third kappa shape index (κ3) is 2.89. The quantitative estimate of drug-likeness (QED) is 0.769. The molecule has 1 heterocycles. The molecule has 0 N–H and O–H groups in total. The van der Waals surface area contributed by atoms with Crippen LogP contribution in [0.4, 0.5) is 0 Å². The number of benzene rings is 1. The Morgan fingerprint density at radius 1 is 1.25 bits per heavy atom. The minimum absolute atomic E-state index is 0.716. The normalized spacial score (nSPS) is 13.0. The van der Waals surface area contributed by atoms with Crippen LogP contribution in [-0.2, 0) is 18.6 Å². The lowest BCUT2D eigenvalue weighted by Gasteiger charge is -2.07. The fraction of sp³-hybridized carbons (Fsp3) is 0.250. The first kappa shape index (κ1) is 13.7. The zero-order valence-electron chi connectivity index (χ0n) is 10.9. The third-order valence-corrected chi connectivity index (χ3v) is 5.02. The van der Waals surface area contributed by atoms with Gasteiger partial charge in [0.05, 0.1) is 5.56 Å². The molecule has 0 fully saturated rings. The van der Waals surface area contributed by atoms with E-state index in [1.54, 1.807) is 11.8 Å². The van der Waals surface area contributed by atoms with Gasteiger partial charge < -0.3 is 0 Å². The standard InChI is InChI=1S/C16H13BrN2S/c17-14-6-4-11(5-7-14)10-20-16-13(9-18)8-12-2-1-3-15(12)19-16/h4-8H,1-3,10H2. The number of hydrogen-bond donors (Lipinski definition) is 0. The van der Waals surface area contributed by atoms with Crippen molar-refractivity contribution >= 4 is 27.7 Å². The maximum atomic E-state index is 9.27. The van der Waals surface area contributed by atoms with Gasteiger partial charge in [-0.3, -0.25) is 0 Å². The molecular formula is C16H13BrN2S. The number of halogens is 1. The van der Waals surface area contributed by atoms with Gasteiger partial charge >= 0.3 is 0 Å². The second-order valence-corrected chi connectivity index (χ2v) is 6.71. The highest BCUT2D eigenvalue weighted by molar-refractivity contribution is 9.10. The molecule has 0 bridgehead atoms. The molecule has 0 aliphatic heterocycles. The Morgan fingerprint density at radius 3 is 2.80 bits per heavy atom. The highest BCUT2D eigenvalue weighted by atomic mass is 79.9. The zero-order chi connectivity index (χ0) is 13.9. The van der Waals surface area contributed by atoms with E-state index < -0.39 is 0 Å². The predicted molar refractivity (Wildman–Crippen MR) is 84.7 cm³/mol. The van der Waals surface area contributed by atoms with E-state index in [4.69, 9.17) is 0 Å². The summed E-state index contributed by atoms with van der Waals surface area (Å²) in [7, 11) is 0. The lowest BCUT2D eigenvalue weighted by atomic mass is 10.2. The van der Waals surface area contributed by atoms with Crippen LogP contribution in [0.1, 0.15) is 28.8 Å². The first-order valence-electron chi connectivity index (χ1n) is 6.56. The molecule has 3 rings (SSSR count). The molecule has 1 aromatic heterocycles. The number of pyridine rings is 1. The molecule has 0 radical (unpaired) electrons. The van der Waals surface area contributed by atoms with Gasteiger partial charge in [-0.05, 0) is 48.6 Å². The Bertz CT molecular complexity index is 674. The van der Waals surface area contributed by atoms with E-state index in [2.05, 4.69) is 39.1 Å². The Kier molecular flexibility index (Phi) is 4.09. The van der Waals surface area contributed by atoms with Gasteiger partial charge in [-0.15, -0.1) is 11.8 Å². The van der Waals surface area contributed by atoms with Crippen molar-refractivity contribution in [2.75, 3.05) is 0 Å². The van der Waals surface area contributed by atoms with E-state index in [1.165, 1.54) is 16.8 Å². The van der Waals surface area contributed by atoms with Crippen molar-refractivity contribution in [3.8, 4) is 6.07 Å². The van der Waals surface area contributed by atoms with Crippen molar-refractivity contribution in [3.63, 3.8) is 0 Å². The summed E-state index contributed by atoms with van der Waals surface area (Å²) in [5.74, 6) is 0.841. The fourth-order valence-electron chi connectivity index (χ4n) is 2.38. The average Bonchev–Trinajstić information content (AvgIpc) is 2.92. The summed E-state index contributed by atoms with van der Waals surface area (Å²) in [5.41, 5.74) is 4.40. The topological polar surface area (TPSA) is 36.7 Å². The largest absolute Gasteiger partial charge is 0.245 e. The molecule has 4 heteroatoms. The van der Waals surface area contributed by atoms with Crippen LogP contribution < -0.4 is 0 Å². The molecule has 0 saturated carbocycles. The van der Waals surface area contributed by atoms with Crippen molar-refractivity contribution in [3.05, 3.63) is 57.2 Å². The Hall–Kier alpha value is -1.31. The maximum absolute atomic E-state index is 9.27. The van der Waals surface area contributed by atoms with Gasteiger partial charge in [-0.25, -0.2) is 4.98 Å². The van der Waals surface area contributed by atoms with E-state index in [-0.39, 0.29) is 0 Å². The summed E-state index contributed by atoms with van der Waals surface area (Å²) >= 11 is 5.08. The van der Waals surface area contributed by atoms with E-state index in [0.717, 1.165) is 34.5 Å². The van der Waals surface area contributed by atoms with Crippen LogP contribution in [0.2, 0.25) is 0 Å². The minimum Gasteiger partial charge on any atom is -0.245 e. The van der Waals surface area contributed by atoms with Gasteiger partial charge in [0.2, 0.25) is 0 Å². The van der Waals surface area contributed by atoms with Gasteiger partial charge in [0.15, 0.2) is 0 Å². The first-order valence-corrected chi connectivity index (χ1v) is 8.34. The van der Waals surface area contributed by atoms with Crippen molar-refractivity contribution in [2.45, 2.75) is 30.0 Å². The SMILES string of the molecule is N#Cc1cc2c(nc1SCc1ccc(Br)cc1)CCC2. The van der Waals surface area contributed by atoms with Gasteiger partial charge in [0, 0.05) is 15.9 Å². The first-order chi connectivity index (χ1) is 9.76. The molecular weight excluding hydrogens is 332 g/mol. The van der Waals surface area contributed by atoms with E-state index in [0.29, 0.717) is 5.56 Å². The van der Waals surface area contributed by atoms with Crippen molar-refractivity contribution in [2.24, 2.45) is 0 Å².